The highest BCUT2D eigenvalue weighted by molar-refractivity contribution is 5.25. The Morgan fingerprint density at radius 3 is 2.19 bits per heavy atom. The van der Waals surface area contributed by atoms with E-state index in [1.54, 1.807) is 0 Å². The summed E-state index contributed by atoms with van der Waals surface area (Å²) in [5.74, 6) is 0. The third-order valence-electron chi connectivity index (χ3n) is 1.94. The quantitative estimate of drug-likeness (QED) is 0.643. The zero-order valence-corrected chi connectivity index (χ0v) is 7.94. The maximum Gasteiger partial charge on any atom is 0.416 e. The molecule has 1 aromatic rings. The van der Waals surface area contributed by atoms with Crippen molar-refractivity contribution >= 4 is 0 Å². The second kappa shape index (κ2) is 4.48. The number of aliphatic hydroxyl groups excluding tert-OH is 1. The van der Waals surface area contributed by atoms with Crippen LogP contribution in [0.15, 0.2) is 24.3 Å². The number of nitro groups is 1. The van der Waals surface area contributed by atoms with E-state index in [-0.39, 0.29) is 5.56 Å². The third kappa shape index (κ3) is 3.20. The van der Waals surface area contributed by atoms with Gasteiger partial charge in [0.2, 0.25) is 6.54 Å². The molecule has 7 heteroatoms. The van der Waals surface area contributed by atoms with Crippen molar-refractivity contribution in [1.82, 2.24) is 0 Å². The Balaban J connectivity index is 2.83. The van der Waals surface area contributed by atoms with Crippen molar-refractivity contribution in [3.8, 4) is 0 Å². The fourth-order valence-electron chi connectivity index (χ4n) is 1.14. The molecule has 0 radical (unpaired) electrons. The minimum atomic E-state index is -4.45. The first-order chi connectivity index (χ1) is 7.30. The van der Waals surface area contributed by atoms with Crippen molar-refractivity contribution in [3.05, 3.63) is 45.5 Å². The molecule has 0 bridgehead atoms. The van der Waals surface area contributed by atoms with Crippen molar-refractivity contribution in [2.24, 2.45) is 0 Å². The summed E-state index contributed by atoms with van der Waals surface area (Å²) < 4.78 is 36.5. The predicted octanol–water partition coefficient (Wildman–Crippen LogP) is 2.02. The SMILES string of the molecule is O=[N+]([O-])C[C@@H](O)c1ccc(C(F)(F)F)cc1. The zero-order valence-electron chi connectivity index (χ0n) is 7.94. The molecule has 0 aliphatic rings. The van der Waals surface area contributed by atoms with Gasteiger partial charge in [-0.2, -0.15) is 13.2 Å². The molecule has 0 fully saturated rings. The van der Waals surface area contributed by atoms with Crippen LogP contribution >= 0.6 is 0 Å². The Morgan fingerprint density at radius 1 is 1.31 bits per heavy atom. The molecule has 4 nitrogen and oxygen atoms in total. The Hall–Kier alpha value is -1.63. The summed E-state index contributed by atoms with van der Waals surface area (Å²) in [7, 11) is 0. The molecule has 0 amide bonds. The second-order valence-electron chi connectivity index (χ2n) is 3.15. The lowest BCUT2D eigenvalue weighted by Crippen LogP contribution is -2.12. The molecule has 0 heterocycles. The highest BCUT2D eigenvalue weighted by atomic mass is 19.4. The first-order valence-electron chi connectivity index (χ1n) is 4.27. The van der Waals surface area contributed by atoms with Gasteiger partial charge in [0, 0.05) is 4.92 Å². The van der Waals surface area contributed by atoms with Crippen molar-refractivity contribution in [2.45, 2.75) is 12.3 Å². The Labute approximate surface area is 88.5 Å². The van der Waals surface area contributed by atoms with Gasteiger partial charge >= 0.3 is 6.18 Å². The number of hydrogen-bond acceptors (Lipinski definition) is 3. The fraction of sp³-hybridized carbons (Fsp3) is 0.333. The highest BCUT2D eigenvalue weighted by Gasteiger charge is 2.30. The van der Waals surface area contributed by atoms with E-state index in [0.29, 0.717) is 0 Å². The molecular weight excluding hydrogens is 227 g/mol. The lowest BCUT2D eigenvalue weighted by Gasteiger charge is -2.09. The van der Waals surface area contributed by atoms with Gasteiger partial charge in [0.1, 0.15) is 6.10 Å². The van der Waals surface area contributed by atoms with Gasteiger partial charge in [0.05, 0.1) is 5.56 Å². The topological polar surface area (TPSA) is 63.4 Å². The summed E-state index contributed by atoms with van der Waals surface area (Å²) >= 11 is 0. The van der Waals surface area contributed by atoms with Crippen LogP contribution < -0.4 is 0 Å². The highest BCUT2D eigenvalue weighted by Crippen LogP contribution is 2.29. The van der Waals surface area contributed by atoms with Gasteiger partial charge in [-0.25, -0.2) is 0 Å². The lowest BCUT2D eigenvalue weighted by atomic mass is 10.1. The van der Waals surface area contributed by atoms with E-state index in [1.807, 2.05) is 0 Å². The molecule has 88 valence electrons. The normalized spacial score (nSPS) is 13.5. The van der Waals surface area contributed by atoms with E-state index in [9.17, 15) is 28.4 Å². The fourth-order valence-corrected chi connectivity index (χ4v) is 1.14. The molecule has 16 heavy (non-hydrogen) atoms. The van der Waals surface area contributed by atoms with Crippen molar-refractivity contribution in [3.63, 3.8) is 0 Å². The first-order valence-corrected chi connectivity index (χ1v) is 4.27. The number of rotatable bonds is 3. The summed E-state index contributed by atoms with van der Waals surface area (Å²) in [6.07, 6.45) is -5.84. The van der Waals surface area contributed by atoms with Crippen LogP contribution in [0.4, 0.5) is 13.2 Å². The van der Waals surface area contributed by atoms with Gasteiger partial charge in [-0.1, -0.05) is 12.1 Å². The Kier molecular flexibility index (Phi) is 3.48. The predicted molar refractivity (Wildman–Crippen MR) is 48.3 cm³/mol. The van der Waals surface area contributed by atoms with Gasteiger partial charge in [-0.3, -0.25) is 10.1 Å². The van der Waals surface area contributed by atoms with Crippen molar-refractivity contribution < 1.29 is 23.2 Å². The van der Waals surface area contributed by atoms with E-state index in [1.165, 1.54) is 0 Å². The lowest BCUT2D eigenvalue weighted by molar-refractivity contribution is -0.491. The zero-order chi connectivity index (χ0) is 12.3. The average Bonchev–Trinajstić information content (AvgIpc) is 2.15. The maximum atomic E-state index is 12.2. The van der Waals surface area contributed by atoms with E-state index < -0.39 is 29.3 Å². The van der Waals surface area contributed by atoms with Gasteiger partial charge in [0.25, 0.3) is 0 Å². The van der Waals surface area contributed by atoms with Crippen LogP contribution in [-0.2, 0) is 6.18 Å². The molecule has 1 atom stereocenters. The molecule has 1 rings (SSSR count). The number of benzene rings is 1. The van der Waals surface area contributed by atoms with Gasteiger partial charge in [0.15, 0.2) is 0 Å². The van der Waals surface area contributed by atoms with Gasteiger partial charge in [-0.05, 0) is 17.7 Å². The molecule has 0 aliphatic carbocycles. The Bertz CT molecular complexity index is 375. The van der Waals surface area contributed by atoms with Gasteiger partial charge < -0.3 is 5.11 Å². The first kappa shape index (κ1) is 12.4. The molecule has 0 saturated heterocycles. The standard InChI is InChI=1S/C9H8F3NO3/c10-9(11,12)7-3-1-6(2-4-7)8(14)5-13(15)16/h1-4,8,14H,5H2/t8-/m1/s1. The summed E-state index contributed by atoms with van der Waals surface area (Å²) in [4.78, 5) is 9.34. The summed E-state index contributed by atoms with van der Waals surface area (Å²) in [5.41, 5.74) is -0.769. The van der Waals surface area contributed by atoms with Crippen LogP contribution in [0.5, 0.6) is 0 Å². The van der Waals surface area contributed by atoms with Gasteiger partial charge in [-0.15, -0.1) is 0 Å². The molecule has 0 unspecified atom stereocenters. The maximum absolute atomic E-state index is 12.2. The second-order valence-corrected chi connectivity index (χ2v) is 3.15. The smallest absolute Gasteiger partial charge is 0.382 e. The van der Waals surface area contributed by atoms with Crippen molar-refractivity contribution in [1.29, 1.82) is 0 Å². The molecule has 1 N–H and O–H groups in total. The minimum absolute atomic E-state index is 0.0877. The average molecular weight is 235 g/mol. The molecule has 0 aromatic heterocycles. The summed E-state index contributed by atoms with van der Waals surface area (Å²) in [5, 5.41) is 19.3. The number of alkyl halides is 3. The molecule has 0 saturated carbocycles. The van der Waals surface area contributed by atoms with Crippen LogP contribution in [0.3, 0.4) is 0 Å². The van der Waals surface area contributed by atoms with E-state index in [4.69, 9.17) is 0 Å². The van der Waals surface area contributed by atoms with Crippen LogP contribution in [0.25, 0.3) is 0 Å². The van der Waals surface area contributed by atoms with E-state index in [0.717, 1.165) is 24.3 Å². The van der Waals surface area contributed by atoms with Crippen LogP contribution in [0, 0.1) is 10.1 Å². The van der Waals surface area contributed by atoms with Crippen LogP contribution in [0.1, 0.15) is 17.2 Å². The van der Waals surface area contributed by atoms with E-state index >= 15 is 0 Å². The number of nitrogens with zero attached hydrogens (tertiary/aromatic N) is 1. The van der Waals surface area contributed by atoms with E-state index in [2.05, 4.69) is 0 Å². The molecule has 0 aliphatic heterocycles. The monoisotopic (exact) mass is 235 g/mol. The Morgan fingerprint density at radius 2 is 1.81 bits per heavy atom. The van der Waals surface area contributed by atoms with Crippen LogP contribution in [0.2, 0.25) is 0 Å². The number of halogens is 3. The number of hydrogen-bond donors (Lipinski definition) is 1. The minimum Gasteiger partial charge on any atom is -0.382 e. The summed E-state index contributed by atoms with van der Waals surface area (Å²) in [6.45, 7) is -0.731. The van der Waals surface area contributed by atoms with Crippen molar-refractivity contribution in [2.75, 3.05) is 6.54 Å². The molecular formula is C9H8F3NO3. The largest absolute Gasteiger partial charge is 0.416 e. The molecule has 0 spiro atoms. The summed E-state index contributed by atoms with van der Waals surface area (Å²) in [6, 6.07) is 3.60. The van der Waals surface area contributed by atoms with Crippen LogP contribution in [-0.4, -0.2) is 16.6 Å². The number of aliphatic hydroxyl groups is 1. The third-order valence-corrected chi connectivity index (χ3v) is 1.94. The molecule has 1 aromatic carbocycles.